The van der Waals surface area contributed by atoms with Crippen molar-refractivity contribution in [2.24, 2.45) is 11.8 Å². The van der Waals surface area contributed by atoms with Crippen LogP contribution in [0.3, 0.4) is 0 Å². The molecule has 1 heterocycles. The van der Waals surface area contributed by atoms with Gasteiger partial charge in [-0.3, -0.25) is 0 Å². The molecule has 0 fully saturated rings. The fourth-order valence-corrected chi connectivity index (χ4v) is 3.94. The van der Waals surface area contributed by atoms with E-state index in [1.54, 1.807) is 0 Å². The summed E-state index contributed by atoms with van der Waals surface area (Å²) in [4.78, 5) is 4.26. The molecule has 0 amide bonds. The van der Waals surface area contributed by atoms with Gasteiger partial charge < -0.3 is 35.1 Å². The molecule has 0 unspecified atom stereocenters. The van der Waals surface area contributed by atoms with Gasteiger partial charge in [-0.05, 0) is 80.8 Å². The van der Waals surface area contributed by atoms with Gasteiger partial charge in [0.15, 0.2) is 0 Å². The minimum absolute atomic E-state index is 0. The third kappa shape index (κ3) is 15.1. The molecule has 0 saturated heterocycles. The molecule has 0 atom stereocenters. The molecule has 43 heavy (non-hydrogen) atoms. The van der Waals surface area contributed by atoms with Crippen molar-refractivity contribution in [3.05, 3.63) is 69.7 Å². The Morgan fingerprint density at radius 1 is 0.651 bits per heavy atom. The van der Waals surface area contributed by atoms with Crippen molar-refractivity contribution in [1.82, 2.24) is 9.80 Å². The van der Waals surface area contributed by atoms with Gasteiger partial charge in [0.1, 0.15) is 11.2 Å². The van der Waals surface area contributed by atoms with Crippen LogP contribution in [0.1, 0.15) is 55.4 Å². The second-order valence-corrected chi connectivity index (χ2v) is 11.8. The zero-order valence-electron chi connectivity index (χ0n) is 28.9. The molecule has 3 aromatic rings. The Bertz CT molecular complexity index is 1180. The van der Waals surface area contributed by atoms with Crippen LogP contribution in [0.5, 0.6) is 0 Å². The van der Waals surface area contributed by atoms with E-state index in [0.717, 1.165) is 70.6 Å². The molecule has 230 valence electrons. The third-order valence-corrected chi connectivity index (χ3v) is 6.18. The maximum Gasteiger partial charge on any atom is 2.00 e. The number of likely N-dealkylation sites (N-methyl/N-ethyl adjacent to an activating group) is 2. The average molecular weight is 696 g/mol. The van der Waals surface area contributed by atoms with Crippen LogP contribution < -0.4 is 10.2 Å². The summed E-state index contributed by atoms with van der Waals surface area (Å²) in [5.74, 6) is 0.870. The first-order valence-corrected chi connectivity index (χ1v) is 14.4. The minimum atomic E-state index is 0. The topological polar surface area (TPSA) is 93.9 Å². The van der Waals surface area contributed by atoms with E-state index in [0.29, 0.717) is 0 Å². The predicted octanol–water partition coefficient (Wildman–Crippen LogP) is 7.31. The number of benzene rings is 2. The van der Waals surface area contributed by atoms with Crippen molar-refractivity contribution in [3.63, 3.8) is 0 Å². The molecule has 0 N–H and O–H groups in total. The Kier molecular flexibility index (Phi) is 21.8. The molecule has 9 heteroatoms. The minimum Gasteiger partial charge on any atom is -0.875 e. The zero-order valence-corrected chi connectivity index (χ0v) is 34.8. The number of allylic oxidation sites excluding steroid dienone is 4. The molecule has 0 saturated carbocycles. The van der Waals surface area contributed by atoms with Crippen LogP contribution in [0.25, 0.3) is 32.6 Å². The first-order valence-electron chi connectivity index (χ1n) is 14.4. The van der Waals surface area contributed by atoms with Gasteiger partial charge in [-0.1, -0.05) is 86.6 Å². The van der Waals surface area contributed by atoms with Crippen molar-refractivity contribution in [2.75, 3.05) is 54.4 Å². The normalized spacial score (nSPS) is 10.4. The van der Waals surface area contributed by atoms with E-state index in [2.05, 4.69) is 50.1 Å². The Balaban J connectivity index is 0. The van der Waals surface area contributed by atoms with Crippen LogP contribution in [0.4, 0.5) is 11.4 Å². The van der Waals surface area contributed by atoms with Crippen molar-refractivity contribution < 1.29 is 53.6 Å². The predicted molar refractivity (Wildman–Crippen MR) is 173 cm³/mol. The van der Waals surface area contributed by atoms with Crippen molar-refractivity contribution in [1.29, 1.82) is 0 Å². The van der Waals surface area contributed by atoms with E-state index in [4.69, 9.17) is 15.1 Å². The fourth-order valence-electron chi connectivity index (χ4n) is 3.94. The zero-order chi connectivity index (χ0) is 31.3. The second kappa shape index (κ2) is 21.7. The summed E-state index contributed by atoms with van der Waals surface area (Å²) in [6.07, 6.45) is 0. The molecule has 7 nitrogen and oxygen atoms in total. The van der Waals surface area contributed by atoms with Gasteiger partial charge in [0.25, 0.3) is 0 Å². The summed E-state index contributed by atoms with van der Waals surface area (Å²) in [7, 11) is 8.22. The monoisotopic (exact) mass is 692 g/mol. The first kappa shape index (κ1) is 43.2. The van der Waals surface area contributed by atoms with Crippen LogP contribution in [-0.4, -0.2) is 64.2 Å². The number of fused-ring (bicyclic) bond motifs is 3. The summed E-state index contributed by atoms with van der Waals surface area (Å²) >= 11 is 0. The quantitative estimate of drug-likeness (QED) is 0.164. The number of nitrogens with zero attached hydrogens (tertiary/aromatic N) is 4. The van der Waals surface area contributed by atoms with Gasteiger partial charge in [-0.25, -0.2) is 0 Å². The van der Waals surface area contributed by atoms with Crippen LogP contribution in [0.15, 0.2) is 63.5 Å². The van der Waals surface area contributed by atoms with Crippen molar-refractivity contribution in [3.8, 4) is 0 Å². The summed E-state index contributed by atoms with van der Waals surface area (Å²) in [6, 6.07) is 12.3. The van der Waals surface area contributed by atoms with E-state index in [1.807, 2.05) is 79.7 Å². The van der Waals surface area contributed by atoms with Crippen LogP contribution in [0, 0.1) is 11.8 Å². The molecule has 0 aliphatic rings. The number of hydrogen-bond donors (Lipinski definition) is 0. The third-order valence-electron chi connectivity index (χ3n) is 6.18. The number of rotatable bonds is 10. The standard InChI is InChI=1S/C20H26N4O.2C7H14O.2Zn/c1-23(2)13-11-21-17-9-5-7-15-16-8-6-10-18(20(16)25-19(15)17)22-12-14-24(3)4;2*1-5(2)7(8)6(3)4;;/h5-10H,11-14H2,1-4H3;2*5,8H,1-4H3;;/q-2;;;2*+2/p-2. The molecule has 3 rings (SSSR count). The average Bonchev–Trinajstić information content (AvgIpc) is 3.28. The summed E-state index contributed by atoms with van der Waals surface area (Å²) in [6.45, 7) is 18.4. The molecule has 0 aliphatic carbocycles. The second-order valence-electron chi connectivity index (χ2n) is 11.8. The molecule has 0 aliphatic heterocycles. The maximum atomic E-state index is 10.8. The van der Waals surface area contributed by atoms with E-state index in [-0.39, 0.29) is 62.3 Å². The van der Waals surface area contributed by atoms with Crippen LogP contribution in [-0.2, 0) is 39.0 Å². The van der Waals surface area contributed by atoms with Gasteiger partial charge in [0.05, 0.1) is 0 Å². The number of furan rings is 1. The Labute approximate surface area is 286 Å². The smallest absolute Gasteiger partial charge is 0.875 e. The summed E-state index contributed by atoms with van der Waals surface area (Å²) < 4.78 is 6.22. The molecule has 2 aromatic carbocycles. The molecule has 0 radical (unpaired) electrons. The van der Waals surface area contributed by atoms with Gasteiger partial charge in [-0.15, -0.1) is 24.6 Å². The van der Waals surface area contributed by atoms with Crippen LogP contribution >= 0.6 is 0 Å². The van der Waals surface area contributed by atoms with Gasteiger partial charge in [-0.2, -0.15) is 0 Å². The Morgan fingerprint density at radius 2 is 0.977 bits per heavy atom. The molecular formula is C34H52N4O3Zn2. The number of para-hydroxylation sites is 2. The first-order chi connectivity index (χ1) is 19.2. The van der Waals surface area contributed by atoms with Crippen LogP contribution in [0.2, 0.25) is 0 Å². The van der Waals surface area contributed by atoms with E-state index in [1.165, 1.54) is 0 Å². The molecule has 0 spiro atoms. The Morgan fingerprint density at radius 3 is 1.21 bits per heavy atom. The molecule has 0 bridgehead atoms. The van der Waals surface area contributed by atoms with Crippen molar-refractivity contribution >= 4 is 33.3 Å². The van der Waals surface area contributed by atoms with Crippen molar-refractivity contribution in [2.45, 2.75) is 55.4 Å². The SMILES string of the molecule is CC(C)=C([O-])C(C)C.CC(C)=C([O-])C(C)C.CN(C)CC[N-]c1cccc2c1oc1c([N-]CCN(C)C)cccc12.[Zn+2].[Zn+2]. The van der Waals surface area contributed by atoms with Gasteiger partial charge >= 0.3 is 39.0 Å². The largest absolute Gasteiger partial charge is 2.00 e. The molecular weight excluding hydrogens is 643 g/mol. The van der Waals surface area contributed by atoms with Gasteiger partial charge in [0, 0.05) is 10.8 Å². The van der Waals surface area contributed by atoms with Gasteiger partial charge in [0.2, 0.25) is 0 Å². The Hall–Kier alpha value is -1.91. The summed E-state index contributed by atoms with van der Waals surface area (Å²) in [5.41, 5.74) is 5.34. The maximum absolute atomic E-state index is 10.8. The number of hydrogen-bond acceptors (Lipinski definition) is 5. The molecule has 1 aromatic heterocycles. The van der Waals surface area contributed by atoms with E-state index in [9.17, 15) is 10.2 Å². The fraction of sp³-hybridized carbons (Fsp3) is 0.529. The van der Waals surface area contributed by atoms with E-state index >= 15 is 0 Å². The van der Waals surface area contributed by atoms with E-state index < -0.39 is 0 Å². The summed E-state index contributed by atoms with van der Waals surface area (Å²) in [5, 5.41) is 33.2.